The zero-order valence-electron chi connectivity index (χ0n) is 9.89. The highest BCUT2D eigenvalue weighted by Gasteiger charge is 2.15. The van der Waals surface area contributed by atoms with E-state index in [4.69, 9.17) is 17.3 Å². The minimum Gasteiger partial charge on any atom is -0.548 e. The van der Waals surface area contributed by atoms with E-state index < -0.39 is 23.8 Å². The molecule has 0 radical (unpaired) electrons. The fraction of sp³-hybridized carbons (Fsp3) is 0.250. The molecule has 102 valence electrons. The maximum Gasteiger partial charge on any atom is 0.251 e. The monoisotopic (exact) mass is 283 g/mol. The van der Waals surface area contributed by atoms with Crippen LogP contribution in [0.15, 0.2) is 24.3 Å². The number of carbonyl (C=O) groups is 3. The second kappa shape index (κ2) is 6.75. The number of nitrogens with two attached hydrogens (primary N) is 1. The standard InChI is InChI=1S/C12H13ClN2O4/c13-8-3-1-7(2-4-8)11(17)15-9(12(18)19)5-6-10(14)16/h1-4,9H,5-6H2,(H2,14,16)(H,15,17)(H,18,19)/p-1/t9-/m1/s1. The Morgan fingerprint density at radius 3 is 2.32 bits per heavy atom. The molecule has 6 nitrogen and oxygen atoms in total. The Kier molecular flexibility index (Phi) is 5.32. The Bertz CT molecular complexity index is 487. The van der Waals surface area contributed by atoms with Gasteiger partial charge in [0.1, 0.15) is 0 Å². The third-order valence-electron chi connectivity index (χ3n) is 2.38. The van der Waals surface area contributed by atoms with Gasteiger partial charge in [0.05, 0.1) is 12.0 Å². The number of carboxylic acid groups (broad SMARTS) is 1. The Morgan fingerprint density at radius 1 is 1.26 bits per heavy atom. The molecule has 0 spiro atoms. The summed E-state index contributed by atoms with van der Waals surface area (Å²) >= 11 is 5.67. The molecule has 0 saturated carbocycles. The molecule has 0 aliphatic carbocycles. The van der Waals surface area contributed by atoms with E-state index in [1.165, 1.54) is 24.3 Å². The first kappa shape index (κ1) is 15.0. The second-order valence-electron chi connectivity index (χ2n) is 3.86. The van der Waals surface area contributed by atoms with Gasteiger partial charge < -0.3 is 21.0 Å². The highest BCUT2D eigenvalue weighted by molar-refractivity contribution is 6.30. The smallest absolute Gasteiger partial charge is 0.251 e. The lowest BCUT2D eigenvalue weighted by molar-refractivity contribution is -0.308. The predicted octanol–water partition coefficient (Wildman–Crippen LogP) is -0.546. The molecule has 0 saturated heterocycles. The summed E-state index contributed by atoms with van der Waals surface area (Å²) in [4.78, 5) is 33.2. The van der Waals surface area contributed by atoms with Gasteiger partial charge in [-0.1, -0.05) is 11.6 Å². The van der Waals surface area contributed by atoms with Gasteiger partial charge in [-0.3, -0.25) is 9.59 Å². The SMILES string of the molecule is NC(=O)CC[C@@H](NC(=O)c1ccc(Cl)cc1)C(=O)[O-]. The normalized spacial score (nSPS) is 11.6. The molecule has 0 bridgehead atoms. The Morgan fingerprint density at radius 2 is 1.84 bits per heavy atom. The topological polar surface area (TPSA) is 112 Å². The fourth-order valence-corrected chi connectivity index (χ4v) is 1.50. The van der Waals surface area contributed by atoms with Gasteiger partial charge in [-0.15, -0.1) is 0 Å². The van der Waals surface area contributed by atoms with E-state index >= 15 is 0 Å². The van der Waals surface area contributed by atoms with Crippen molar-refractivity contribution in [1.82, 2.24) is 5.32 Å². The van der Waals surface area contributed by atoms with Crippen molar-refractivity contribution in [2.75, 3.05) is 0 Å². The van der Waals surface area contributed by atoms with Crippen LogP contribution in [0.5, 0.6) is 0 Å². The molecule has 1 rings (SSSR count). The van der Waals surface area contributed by atoms with E-state index in [0.717, 1.165) is 0 Å². The lowest BCUT2D eigenvalue weighted by Crippen LogP contribution is -2.48. The van der Waals surface area contributed by atoms with Crippen LogP contribution in [0.4, 0.5) is 0 Å². The molecule has 2 amide bonds. The van der Waals surface area contributed by atoms with Crippen LogP contribution in [0.3, 0.4) is 0 Å². The lowest BCUT2D eigenvalue weighted by atomic mass is 10.1. The van der Waals surface area contributed by atoms with Crippen molar-refractivity contribution >= 4 is 29.4 Å². The third kappa shape index (κ3) is 4.97. The quantitative estimate of drug-likeness (QED) is 0.729. The molecule has 0 aliphatic rings. The Labute approximate surface area is 114 Å². The van der Waals surface area contributed by atoms with Crippen molar-refractivity contribution in [3.63, 3.8) is 0 Å². The summed E-state index contributed by atoms with van der Waals surface area (Å²) in [6.07, 6.45) is -0.267. The van der Waals surface area contributed by atoms with Gasteiger partial charge in [0.2, 0.25) is 5.91 Å². The minimum absolute atomic E-state index is 0.114. The number of carbonyl (C=O) groups excluding carboxylic acids is 3. The lowest BCUT2D eigenvalue weighted by Gasteiger charge is -2.19. The first-order valence-corrected chi connectivity index (χ1v) is 5.83. The fourth-order valence-electron chi connectivity index (χ4n) is 1.38. The van der Waals surface area contributed by atoms with Gasteiger partial charge in [0, 0.05) is 17.0 Å². The van der Waals surface area contributed by atoms with E-state index in [2.05, 4.69) is 5.32 Å². The van der Waals surface area contributed by atoms with E-state index in [0.29, 0.717) is 5.02 Å². The Balaban J connectivity index is 2.68. The molecule has 19 heavy (non-hydrogen) atoms. The summed E-state index contributed by atoms with van der Waals surface area (Å²) in [6.45, 7) is 0. The molecule has 3 N–H and O–H groups in total. The predicted molar refractivity (Wildman–Crippen MR) is 66.1 cm³/mol. The van der Waals surface area contributed by atoms with Gasteiger partial charge in [-0.25, -0.2) is 0 Å². The van der Waals surface area contributed by atoms with E-state index in [9.17, 15) is 19.5 Å². The molecular formula is C12H12ClN2O4-. The molecule has 1 aromatic rings. The average Bonchev–Trinajstić information content (AvgIpc) is 2.34. The number of carboxylic acids is 1. The second-order valence-corrected chi connectivity index (χ2v) is 4.29. The van der Waals surface area contributed by atoms with Gasteiger partial charge in [0.25, 0.3) is 5.91 Å². The van der Waals surface area contributed by atoms with Crippen LogP contribution in [0.1, 0.15) is 23.2 Å². The molecular weight excluding hydrogens is 272 g/mol. The number of hydrogen-bond donors (Lipinski definition) is 2. The molecule has 0 fully saturated rings. The van der Waals surface area contributed by atoms with Crippen LogP contribution in [0.2, 0.25) is 5.02 Å². The van der Waals surface area contributed by atoms with Crippen LogP contribution in [0, 0.1) is 0 Å². The van der Waals surface area contributed by atoms with Crippen LogP contribution in [-0.4, -0.2) is 23.8 Å². The first-order chi connectivity index (χ1) is 8.90. The van der Waals surface area contributed by atoms with Crippen LogP contribution < -0.4 is 16.2 Å². The van der Waals surface area contributed by atoms with Crippen molar-refractivity contribution in [1.29, 1.82) is 0 Å². The molecule has 0 aromatic heterocycles. The van der Waals surface area contributed by atoms with Gasteiger partial charge in [-0.2, -0.15) is 0 Å². The summed E-state index contributed by atoms with van der Waals surface area (Å²) in [7, 11) is 0. The van der Waals surface area contributed by atoms with Gasteiger partial charge >= 0.3 is 0 Å². The molecule has 7 heteroatoms. The van der Waals surface area contributed by atoms with Crippen LogP contribution in [-0.2, 0) is 9.59 Å². The van der Waals surface area contributed by atoms with Crippen molar-refractivity contribution in [2.45, 2.75) is 18.9 Å². The zero-order valence-corrected chi connectivity index (χ0v) is 10.6. The first-order valence-electron chi connectivity index (χ1n) is 5.45. The molecule has 0 heterocycles. The highest BCUT2D eigenvalue weighted by Crippen LogP contribution is 2.09. The van der Waals surface area contributed by atoms with Crippen molar-refractivity contribution in [3.8, 4) is 0 Å². The molecule has 1 aromatic carbocycles. The summed E-state index contributed by atoms with van der Waals surface area (Å²) in [5.74, 6) is -2.70. The largest absolute Gasteiger partial charge is 0.548 e. The van der Waals surface area contributed by atoms with Gasteiger partial charge in [-0.05, 0) is 30.7 Å². The maximum atomic E-state index is 11.8. The van der Waals surface area contributed by atoms with E-state index in [-0.39, 0.29) is 18.4 Å². The van der Waals surface area contributed by atoms with E-state index in [1.807, 2.05) is 0 Å². The summed E-state index contributed by atoms with van der Waals surface area (Å²) in [6, 6.07) is 4.66. The third-order valence-corrected chi connectivity index (χ3v) is 2.63. The van der Waals surface area contributed by atoms with Crippen molar-refractivity contribution in [2.24, 2.45) is 5.73 Å². The molecule has 1 atom stereocenters. The van der Waals surface area contributed by atoms with Crippen LogP contribution >= 0.6 is 11.6 Å². The zero-order chi connectivity index (χ0) is 14.4. The number of primary amides is 1. The van der Waals surface area contributed by atoms with Crippen LogP contribution in [0.25, 0.3) is 0 Å². The molecule has 0 unspecified atom stereocenters. The summed E-state index contributed by atoms with van der Waals surface area (Å²) < 4.78 is 0. The van der Waals surface area contributed by atoms with E-state index in [1.54, 1.807) is 0 Å². The number of amides is 2. The van der Waals surface area contributed by atoms with Crippen molar-refractivity contribution < 1.29 is 19.5 Å². The number of nitrogens with one attached hydrogen (secondary N) is 1. The Hall–Kier alpha value is -2.08. The number of rotatable bonds is 6. The number of hydrogen-bond acceptors (Lipinski definition) is 4. The van der Waals surface area contributed by atoms with Gasteiger partial charge in [0.15, 0.2) is 0 Å². The summed E-state index contributed by atoms with van der Waals surface area (Å²) in [5.41, 5.74) is 5.18. The average molecular weight is 284 g/mol. The summed E-state index contributed by atoms with van der Waals surface area (Å²) in [5, 5.41) is 13.5. The minimum atomic E-state index is -1.47. The molecule has 0 aliphatic heterocycles. The maximum absolute atomic E-state index is 11.8. The highest BCUT2D eigenvalue weighted by atomic mass is 35.5. The number of halogens is 1. The van der Waals surface area contributed by atoms with Crippen molar-refractivity contribution in [3.05, 3.63) is 34.9 Å². The number of aliphatic carboxylic acids is 1. The number of benzene rings is 1.